The van der Waals surface area contributed by atoms with E-state index in [1.807, 2.05) is 0 Å². The minimum atomic E-state index is -4.57. The molecule has 0 aliphatic heterocycles. The van der Waals surface area contributed by atoms with Crippen LogP contribution in [0.5, 0.6) is 0 Å². The van der Waals surface area contributed by atoms with Crippen LogP contribution in [0.4, 0.5) is 18.9 Å². The minimum absolute atomic E-state index is 0.192. The molecule has 1 rings (SSSR count). The first kappa shape index (κ1) is 12.6. The lowest BCUT2D eigenvalue weighted by molar-refractivity contribution is -0.146. The topological polar surface area (TPSA) is 48.0 Å². The molecule has 0 aliphatic rings. The quantitative estimate of drug-likeness (QED) is 0.748. The highest BCUT2D eigenvalue weighted by atomic mass is 19.4. The van der Waals surface area contributed by atoms with Crippen LogP contribution in [0.25, 0.3) is 0 Å². The number of hydrogen-bond acceptors (Lipinski definition) is 2. The molecule has 0 bridgehead atoms. The average molecular weight is 234 g/mol. The van der Waals surface area contributed by atoms with E-state index < -0.39 is 23.0 Å². The molecule has 1 aromatic heterocycles. The van der Waals surface area contributed by atoms with E-state index in [1.54, 1.807) is 0 Å². The predicted octanol–water partition coefficient (Wildman–Crippen LogP) is 2.20. The van der Waals surface area contributed by atoms with Crippen LogP contribution >= 0.6 is 0 Å². The van der Waals surface area contributed by atoms with Gasteiger partial charge in [-0.15, -0.1) is 0 Å². The monoisotopic (exact) mass is 234 g/mol. The van der Waals surface area contributed by atoms with Crippen molar-refractivity contribution < 1.29 is 13.2 Å². The van der Waals surface area contributed by atoms with Crippen molar-refractivity contribution in [2.24, 2.45) is 0 Å². The summed E-state index contributed by atoms with van der Waals surface area (Å²) in [7, 11) is 0. The summed E-state index contributed by atoms with van der Waals surface area (Å²) < 4.78 is 38.7. The molecule has 1 aromatic rings. The van der Waals surface area contributed by atoms with Gasteiger partial charge in [-0.25, -0.2) is 0 Å². The van der Waals surface area contributed by atoms with Gasteiger partial charge in [0.25, 0.3) is 5.56 Å². The van der Waals surface area contributed by atoms with Gasteiger partial charge in [0.05, 0.1) is 5.69 Å². The number of nitrogens with two attached hydrogens (primary N) is 1. The minimum Gasteiger partial charge on any atom is -0.394 e. The van der Waals surface area contributed by atoms with Crippen molar-refractivity contribution in [1.82, 2.24) is 4.57 Å². The molecule has 0 saturated heterocycles. The zero-order valence-corrected chi connectivity index (χ0v) is 9.22. The Bertz CT molecular complexity index is 455. The third-order valence-electron chi connectivity index (χ3n) is 2.07. The first-order valence-corrected chi connectivity index (χ1v) is 4.64. The molecule has 2 N–H and O–H groups in total. The summed E-state index contributed by atoms with van der Waals surface area (Å²) in [6.07, 6.45) is -4.57. The lowest BCUT2D eigenvalue weighted by Gasteiger charge is -2.27. The van der Waals surface area contributed by atoms with E-state index in [-0.39, 0.29) is 5.69 Å². The van der Waals surface area contributed by atoms with E-state index in [9.17, 15) is 18.0 Å². The molecular weight excluding hydrogens is 221 g/mol. The van der Waals surface area contributed by atoms with Gasteiger partial charge in [0.15, 0.2) is 0 Å². The second-order valence-corrected chi connectivity index (χ2v) is 4.48. The van der Waals surface area contributed by atoms with Gasteiger partial charge in [-0.05, 0) is 32.9 Å². The standard InChI is InChI=1S/C10H13F3N2O/c1-9(2,3)15-7(10(11,12)13)5-4-6(14)8(15)16/h4-5H,14H2,1-3H3. The van der Waals surface area contributed by atoms with Crippen molar-refractivity contribution in [2.45, 2.75) is 32.5 Å². The molecule has 6 heteroatoms. The number of halogens is 3. The number of nitrogen functional groups attached to an aromatic ring is 1. The molecule has 0 atom stereocenters. The van der Waals surface area contributed by atoms with E-state index in [1.165, 1.54) is 20.8 Å². The molecular formula is C10H13F3N2O. The number of alkyl halides is 3. The maximum atomic E-state index is 12.7. The number of aromatic nitrogens is 1. The zero-order valence-electron chi connectivity index (χ0n) is 9.22. The second-order valence-electron chi connectivity index (χ2n) is 4.48. The van der Waals surface area contributed by atoms with Crippen molar-refractivity contribution >= 4 is 5.69 Å². The molecule has 0 fully saturated rings. The Hall–Kier alpha value is -1.46. The van der Waals surface area contributed by atoms with Crippen LogP contribution < -0.4 is 11.3 Å². The number of nitrogens with zero attached hydrogens (tertiary/aromatic N) is 1. The first-order chi connectivity index (χ1) is 7.05. The summed E-state index contributed by atoms with van der Waals surface area (Å²) in [5.74, 6) is 0. The highest BCUT2D eigenvalue weighted by molar-refractivity contribution is 5.37. The predicted molar refractivity (Wildman–Crippen MR) is 55.1 cm³/mol. The van der Waals surface area contributed by atoms with Crippen molar-refractivity contribution in [3.63, 3.8) is 0 Å². The molecule has 0 amide bonds. The number of anilines is 1. The van der Waals surface area contributed by atoms with Crippen LogP contribution in [0.15, 0.2) is 16.9 Å². The van der Waals surface area contributed by atoms with Gasteiger partial charge < -0.3 is 5.73 Å². The van der Waals surface area contributed by atoms with E-state index in [4.69, 9.17) is 5.73 Å². The van der Waals surface area contributed by atoms with E-state index in [2.05, 4.69) is 0 Å². The molecule has 0 radical (unpaired) electrons. The second kappa shape index (κ2) is 3.54. The summed E-state index contributed by atoms with van der Waals surface area (Å²) in [6, 6.07) is 1.80. The van der Waals surface area contributed by atoms with Crippen molar-refractivity contribution in [3.05, 3.63) is 28.2 Å². The fraction of sp³-hybridized carbons (Fsp3) is 0.500. The van der Waals surface area contributed by atoms with Crippen LogP contribution in [0, 0.1) is 0 Å². The number of rotatable bonds is 0. The lowest BCUT2D eigenvalue weighted by atomic mass is 10.1. The summed E-state index contributed by atoms with van der Waals surface area (Å²) in [6.45, 7) is 4.55. The van der Waals surface area contributed by atoms with Crippen molar-refractivity contribution in [2.75, 3.05) is 5.73 Å². The third kappa shape index (κ3) is 2.20. The van der Waals surface area contributed by atoms with Crippen LogP contribution in [0.3, 0.4) is 0 Å². The van der Waals surface area contributed by atoms with Gasteiger partial charge in [0.2, 0.25) is 0 Å². The molecule has 0 saturated carbocycles. The Morgan fingerprint density at radius 2 is 1.69 bits per heavy atom. The fourth-order valence-electron chi connectivity index (χ4n) is 1.44. The van der Waals surface area contributed by atoms with E-state index in [0.717, 1.165) is 12.1 Å². The lowest BCUT2D eigenvalue weighted by Crippen LogP contribution is -2.39. The highest BCUT2D eigenvalue weighted by Gasteiger charge is 2.37. The molecule has 0 aliphatic carbocycles. The smallest absolute Gasteiger partial charge is 0.394 e. The Balaban J connectivity index is 3.66. The first-order valence-electron chi connectivity index (χ1n) is 4.64. The van der Waals surface area contributed by atoms with Crippen LogP contribution in [0.1, 0.15) is 26.5 Å². The Kier molecular flexibility index (Phi) is 2.79. The molecule has 0 spiro atoms. The molecule has 1 heterocycles. The molecule has 0 unspecified atom stereocenters. The molecule has 16 heavy (non-hydrogen) atoms. The number of hydrogen-bond donors (Lipinski definition) is 1. The Morgan fingerprint density at radius 3 is 2.06 bits per heavy atom. The van der Waals surface area contributed by atoms with E-state index >= 15 is 0 Å². The van der Waals surface area contributed by atoms with Gasteiger partial charge >= 0.3 is 6.18 Å². The van der Waals surface area contributed by atoms with Crippen LogP contribution in [0.2, 0.25) is 0 Å². The van der Waals surface area contributed by atoms with Gasteiger partial charge in [0.1, 0.15) is 5.69 Å². The maximum absolute atomic E-state index is 12.7. The fourth-order valence-corrected chi connectivity index (χ4v) is 1.44. The highest BCUT2D eigenvalue weighted by Crippen LogP contribution is 2.31. The van der Waals surface area contributed by atoms with Crippen LogP contribution in [-0.4, -0.2) is 4.57 Å². The van der Waals surface area contributed by atoms with Crippen molar-refractivity contribution in [1.29, 1.82) is 0 Å². The number of pyridine rings is 1. The maximum Gasteiger partial charge on any atom is 0.431 e. The molecule has 3 nitrogen and oxygen atoms in total. The third-order valence-corrected chi connectivity index (χ3v) is 2.07. The summed E-state index contributed by atoms with van der Waals surface area (Å²) >= 11 is 0. The largest absolute Gasteiger partial charge is 0.431 e. The summed E-state index contributed by atoms with van der Waals surface area (Å²) in [5, 5.41) is 0. The Labute approximate surface area is 90.7 Å². The van der Waals surface area contributed by atoms with Crippen molar-refractivity contribution in [3.8, 4) is 0 Å². The molecule has 90 valence electrons. The SMILES string of the molecule is CC(C)(C)n1c(C(F)(F)F)ccc(N)c1=O. The zero-order chi connectivity index (χ0) is 12.7. The summed E-state index contributed by atoms with van der Waals surface area (Å²) in [5.41, 5.74) is 2.36. The normalized spacial score (nSPS) is 12.9. The van der Waals surface area contributed by atoms with Crippen LogP contribution in [-0.2, 0) is 11.7 Å². The van der Waals surface area contributed by atoms with Gasteiger partial charge in [-0.3, -0.25) is 9.36 Å². The van der Waals surface area contributed by atoms with Gasteiger partial charge in [-0.2, -0.15) is 13.2 Å². The van der Waals surface area contributed by atoms with Gasteiger partial charge in [-0.1, -0.05) is 0 Å². The summed E-state index contributed by atoms with van der Waals surface area (Å²) in [4.78, 5) is 11.6. The Morgan fingerprint density at radius 1 is 1.19 bits per heavy atom. The average Bonchev–Trinajstić information content (AvgIpc) is 2.05. The molecule has 0 aromatic carbocycles. The van der Waals surface area contributed by atoms with Gasteiger partial charge in [0, 0.05) is 5.54 Å². The van der Waals surface area contributed by atoms with E-state index in [0.29, 0.717) is 4.57 Å².